The van der Waals surface area contributed by atoms with Gasteiger partial charge in [-0.1, -0.05) is 41.4 Å². The molecule has 24 heavy (non-hydrogen) atoms. The van der Waals surface area contributed by atoms with E-state index in [0.29, 0.717) is 22.0 Å². The topological polar surface area (TPSA) is 58.2 Å². The maximum Gasteiger partial charge on any atom is 0.309 e. The molecule has 0 saturated heterocycles. The van der Waals surface area contributed by atoms with E-state index in [1.807, 2.05) is 0 Å². The molecule has 2 amide bonds. The highest BCUT2D eigenvalue weighted by Crippen LogP contribution is 2.20. The number of hydrogen-bond acceptors (Lipinski definition) is 2. The largest absolute Gasteiger partial charge is 0.348 e. The molecule has 0 bridgehead atoms. The first kappa shape index (κ1) is 18.2. The predicted octanol–water partition coefficient (Wildman–Crippen LogP) is 3.11. The maximum absolute atomic E-state index is 12.8. The molecule has 0 spiro atoms. The number of amides is 2. The third-order valence-corrected chi connectivity index (χ3v) is 3.85. The van der Waals surface area contributed by atoms with Crippen LogP contribution in [0.1, 0.15) is 11.1 Å². The summed E-state index contributed by atoms with van der Waals surface area (Å²) in [7, 11) is 0. The number of nitrogens with one attached hydrogen (secondary N) is 2. The molecule has 0 aliphatic carbocycles. The molecule has 0 aromatic heterocycles. The lowest BCUT2D eigenvalue weighted by molar-refractivity contribution is -0.139. The molecule has 4 nitrogen and oxygen atoms in total. The molecule has 0 heterocycles. The summed E-state index contributed by atoms with van der Waals surface area (Å²) in [4.78, 5) is 23.4. The number of halogens is 3. The van der Waals surface area contributed by atoms with Crippen molar-refractivity contribution in [3.63, 3.8) is 0 Å². The van der Waals surface area contributed by atoms with E-state index in [-0.39, 0.29) is 18.9 Å². The summed E-state index contributed by atoms with van der Waals surface area (Å²) < 4.78 is 12.8. The van der Waals surface area contributed by atoms with Gasteiger partial charge in [-0.15, -0.1) is 0 Å². The van der Waals surface area contributed by atoms with Gasteiger partial charge in [0.25, 0.3) is 0 Å². The van der Waals surface area contributed by atoms with Crippen molar-refractivity contribution in [3.05, 3.63) is 69.5 Å². The number of benzene rings is 2. The maximum atomic E-state index is 12.8. The van der Waals surface area contributed by atoms with Gasteiger partial charge in [0.05, 0.1) is 0 Å². The molecule has 2 aromatic carbocycles. The standard InChI is InChI=1S/C17H15Cl2FN2O2/c18-13-4-3-12(15(19)9-13)7-8-21-16(23)17(24)22-10-11-1-5-14(20)6-2-11/h1-6,9H,7-8,10H2,(H,21,23)(H,22,24). The van der Waals surface area contributed by atoms with Gasteiger partial charge in [-0.2, -0.15) is 0 Å². The predicted molar refractivity (Wildman–Crippen MR) is 91.4 cm³/mol. The smallest absolute Gasteiger partial charge is 0.309 e. The Balaban J connectivity index is 1.75. The van der Waals surface area contributed by atoms with Gasteiger partial charge >= 0.3 is 11.8 Å². The molecule has 0 radical (unpaired) electrons. The van der Waals surface area contributed by atoms with Crippen LogP contribution in [0, 0.1) is 5.82 Å². The quantitative estimate of drug-likeness (QED) is 0.796. The summed E-state index contributed by atoms with van der Waals surface area (Å²) in [6.07, 6.45) is 0.479. The van der Waals surface area contributed by atoms with Crippen molar-refractivity contribution in [1.29, 1.82) is 0 Å². The van der Waals surface area contributed by atoms with Gasteiger partial charge in [0.1, 0.15) is 5.82 Å². The second kappa shape index (κ2) is 8.66. The fourth-order valence-corrected chi connectivity index (χ4v) is 2.48. The lowest BCUT2D eigenvalue weighted by Crippen LogP contribution is -2.40. The van der Waals surface area contributed by atoms with Crippen LogP contribution in [0.5, 0.6) is 0 Å². The van der Waals surface area contributed by atoms with Gasteiger partial charge in [0, 0.05) is 23.1 Å². The Bertz CT molecular complexity index is 736. The molecule has 2 N–H and O–H groups in total. The normalized spacial score (nSPS) is 10.3. The molecular formula is C17H15Cl2FN2O2. The van der Waals surface area contributed by atoms with Crippen molar-refractivity contribution in [2.75, 3.05) is 6.54 Å². The van der Waals surface area contributed by atoms with E-state index in [4.69, 9.17) is 23.2 Å². The van der Waals surface area contributed by atoms with E-state index in [9.17, 15) is 14.0 Å². The molecular weight excluding hydrogens is 354 g/mol. The van der Waals surface area contributed by atoms with E-state index < -0.39 is 11.8 Å². The molecule has 0 saturated carbocycles. The Kier molecular flexibility index (Phi) is 6.58. The first-order chi connectivity index (χ1) is 11.5. The summed E-state index contributed by atoms with van der Waals surface area (Å²) in [6, 6.07) is 10.8. The molecule has 126 valence electrons. The van der Waals surface area contributed by atoms with Gasteiger partial charge in [-0.25, -0.2) is 4.39 Å². The second-order valence-corrected chi connectivity index (χ2v) is 5.89. The molecule has 2 aromatic rings. The molecule has 2 rings (SSSR count). The van der Waals surface area contributed by atoms with Crippen LogP contribution in [0.15, 0.2) is 42.5 Å². The van der Waals surface area contributed by atoms with Crippen LogP contribution in [0.3, 0.4) is 0 Å². The molecule has 0 aliphatic heterocycles. The summed E-state index contributed by atoms with van der Waals surface area (Å²) in [5, 5.41) is 6.03. The second-order valence-electron chi connectivity index (χ2n) is 5.05. The number of rotatable bonds is 5. The number of carbonyl (C=O) groups excluding carboxylic acids is 2. The Labute approximate surface area is 149 Å². The fourth-order valence-electron chi connectivity index (χ4n) is 1.98. The molecule has 0 atom stereocenters. The van der Waals surface area contributed by atoms with Crippen molar-refractivity contribution >= 4 is 35.0 Å². The highest BCUT2D eigenvalue weighted by molar-refractivity contribution is 6.35. The van der Waals surface area contributed by atoms with Crippen molar-refractivity contribution in [3.8, 4) is 0 Å². The third kappa shape index (κ3) is 5.51. The summed E-state index contributed by atoms with van der Waals surface area (Å²) in [5.74, 6) is -1.84. The molecule has 0 fully saturated rings. The minimum Gasteiger partial charge on any atom is -0.348 e. The van der Waals surface area contributed by atoms with E-state index in [1.165, 1.54) is 24.3 Å². The summed E-state index contributed by atoms with van der Waals surface area (Å²) in [5.41, 5.74) is 1.53. The van der Waals surface area contributed by atoms with Crippen molar-refractivity contribution < 1.29 is 14.0 Å². The van der Waals surface area contributed by atoms with Crippen LogP contribution in [-0.2, 0) is 22.6 Å². The SMILES string of the molecule is O=C(NCCc1ccc(Cl)cc1Cl)C(=O)NCc1ccc(F)cc1. The summed E-state index contributed by atoms with van der Waals surface area (Å²) in [6.45, 7) is 0.416. The van der Waals surface area contributed by atoms with E-state index in [2.05, 4.69) is 10.6 Å². The Morgan fingerprint density at radius 1 is 0.958 bits per heavy atom. The lowest BCUT2D eigenvalue weighted by atomic mass is 10.1. The van der Waals surface area contributed by atoms with Gasteiger partial charge in [-0.3, -0.25) is 9.59 Å². The van der Waals surface area contributed by atoms with Gasteiger partial charge < -0.3 is 10.6 Å². The minimum atomic E-state index is -0.749. The van der Waals surface area contributed by atoms with Crippen LogP contribution < -0.4 is 10.6 Å². The monoisotopic (exact) mass is 368 g/mol. The Hall–Kier alpha value is -2.11. The van der Waals surface area contributed by atoms with Gasteiger partial charge in [0.15, 0.2) is 0 Å². The van der Waals surface area contributed by atoms with Gasteiger partial charge in [-0.05, 0) is 41.8 Å². The lowest BCUT2D eigenvalue weighted by Gasteiger charge is -2.08. The van der Waals surface area contributed by atoms with E-state index >= 15 is 0 Å². The summed E-state index contributed by atoms with van der Waals surface area (Å²) >= 11 is 11.8. The molecule has 0 aliphatic rings. The Morgan fingerprint density at radius 3 is 2.29 bits per heavy atom. The number of hydrogen-bond donors (Lipinski definition) is 2. The van der Waals surface area contributed by atoms with E-state index in [0.717, 1.165) is 5.56 Å². The number of carbonyl (C=O) groups is 2. The van der Waals surface area contributed by atoms with Crippen LogP contribution in [0.4, 0.5) is 4.39 Å². The zero-order chi connectivity index (χ0) is 17.5. The third-order valence-electron chi connectivity index (χ3n) is 3.27. The van der Waals surface area contributed by atoms with E-state index in [1.54, 1.807) is 18.2 Å². The van der Waals surface area contributed by atoms with Crippen molar-refractivity contribution in [2.24, 2.45) is 0 Å². The van der Waals surface area contributed by atoms with Crippen molar-refractivity contribution in [2.45, 2.75) is 13.0 Å². The zero-order valence-corrected chi connectivity index (χ0v) is 14.1. The fraction of sp³-hybridized carbons (Fsp3) is 0.176. The highest BCUT2D eigenvalue weighted by Gasteiger charge is 2.12. The van der Waals surface area contributed by atoms with Crippen molar-refractivity contribution in [1.82, 2.24) is 10.6 Å². The average molecular weight is 369 g/mol. The first-order valence-corrected chi connectivity index (χ1v) is 7.95. The van der Waals surface area contributed by atoms with Crippen LogP contribution in [0.2, 0.25) is 10.0 Å². The van der Waals surface area contributed by atoms with Gasteiger partial charge in [0.2, 0.25) is 0 Å². The molecule has 7 heteroatoms. The van der Waals surface area contributed by atoms with Crippen LogP contribution >= 0.6 is 23.2 Å². The Morgan fingerprint density at radius 2 is 1.62 bits per heavy atom. The highest BCUT2D eigenvalue weighted by atomic mass is 35.5. The van der Waals surface area contributed by atoms with Crippen LogP contribution in [0.25, 0.3) is 0 Å². The first-order valence-electron chi connectivity index (χ1n) is 7.20. The average Bonchev–Trinajstić information content (AvgIpc) is 2.56. The molecule has 0 unspecified atom stereocenters. The zero-order valence-electron chi connectivity index (χ0n) is 12.6. The van der Waals surface area contributed by atoms with Crippen LogP contribution in [-0.4, -0.2) is 18.4 Å². The minimum absolute atomic E-state index is 0.148.